The molecule has 0 aromatic heterocycles. The highest BCUT2D eigenvalue weighted by Gasteiger charge is 2.30. The van der Waals surface area contributed by atoms with Gasteiger partial charge < -0.3 is 15.2 Å². The van der Waals surface area contributed by atoms with Gasteiger partial charge in [-0.25, -0.2) is 8.78 Å². The third kappa shape index (κ3) is 6.28. The molecule has 0 radical (unpaired) electrons. The predicted octanol–water partition coefficient (Wildman–Crippen LogP) is 6.18. The summed E-state index contributed by atoms with van der Waals surface area (Å²) in [4.78, 5) is 10.6. The van der Waals surface area contributed by atoms with Crippen molar-refractivity contribution < 1.29 is 23.4 Å². The smallest absolute Gasteiger partial charge is 0.304 e. The van der Waals surface area contributed by atoms with Gasteiger partial charge in [-0.15, -0.1) is 0 Å². The highest BCUT2D eigenvalue weighted by atomic mass is 19.1. The van der Waals surface area contributed by atoms with Gasteiger partial charge in [0.1, 0.15) is 17.4 Å². The second-order valence-corrected chi connectivity index (χ2v) is 9.69. The van der Waals surface area contributed by atoms with Crippen LogP contribution in [0.25, 0.3) is 11.1 Å². The molecule has 0 atom stereocenters. The van der Waals surface area contributed by atoms with Crippen molar-refractivity contribution in [1.82, 2.24) is 5.32 Å². The van der Waals surface area contributed by atoms with E-state index in [1.54, 1.807) is 12.1 Å². The van der Waals surface area contributed by atoms with Crippen molar-refractivity contribution in [1.29, 1.82) is 0 Å². The third-order valence-electron chi connectivity index (χ3n) is 6.37. The molecule has 1 saturated carbocycles. The summed E-state index contributed by atoms with van der Waals surface area (Å²) in [7, 11) is 0. The maximum atomic E-state index is 15.0. The Labute approximate surface area is 189 Å². The number of hydrogen-bond donors (Lipinski definition) is 2. The van der Waals surface area contributed by atoms with Gasteiger partial charge in [0.2, 0.25) is 0 Å². The number of hydrogen-bond acceptors (Lipinski definition) is 3. The molecule has 32 heavy (non-hydrogen) atoms. The molecule has 0 aliphatic heterocycles. The first-order chi connectivity index (χ1) is 15.1. The Bertz CT molecular complexity index is 914. The van der Waals surface area contributed by atoms with Crippen molar-refractivity contribution >= 4 is 5.97 Å². The summed E-state index contributed by atoms with van der Waals surface area (Å²) in [6, 6.07) is 9.90. The van der Waals surface area contributed by atoms with Gasteiger partial charge in [-0.05, 0) is 66.8 Å². The molecular formula is C26H33F2NO3. The van der Waals surface area contributed by atoms with E-state index >= 15 is 0 Å². The quantitative estimate of drug-likeness (QED) is 0.477. The summed E-state index contributed by atoms with van der Waals surface area (Å²) in [5.74, 6) is -0.774. The van der Waals surface area contributed by atoms with Crippen LogP contribution in [0.3, 0.4) is 0 Å². The van der Waals surface area contributed by atoms with Crippen LogP contribution in [-0.4, -0.2) is 23.7 Å². The van der Waals surface area contributed by atoms with Crippen molar-refractivity contribution in [3.63, 3.8) is 0 Å². The lowest BCUT2D eigenvalue weighted by Crippen LogP contribution is -2.30. The average molecular weight is 446 g/mol. The van der Waals surface area contributed by atoms with Crippen molar-refractivity contribution in [2.45, 2.75) is 65.5 Å². The highest BCUT2D eigenvalue weighted by Crippen LogP contribution is 2.39. The summed E-state index contributed by atoms with van der Waals surface area (Å²) >= 11 is 0. The lowest BCUT2D eigenvalue weighted by atomic mass is 9.72. The standard InChI is InChI=1S/C26H33F2NO3/c1-26(2,3)18-6-10-20(11-7-18)32-19-8-4-17(5-9-19)21-12-13-23(27)22(25(21)28)16-29-15-14-24(30)31/h4-5,8-9,12-13,18,20,29H,6-7,10-11,14-16H2,1-3H3,(H,30,31). The van der Waals surface area contributed by atoms with E-state index in [1.165, 1.54) is 12.1 Å². The molecule has 174 valence electrons. The molecule has 3 rings (SSSR count). The van der Waals surface area contributed by atoms with Crippen molar-refractivity contribution in [3.05, 3.63) is 53.6 Å². The number of carbonyl (C=O) groups is 1. The number of rotatable bonds is 8. The molecule has 6 heteroatoms. The molecule has 1 fully saturated rings. The van der Waals surface area contributed by atoms with Crippen molar-refractivity contribution in [2.75, 3.05) is 6.54 Å². The second kappa shape index (κ2) is 10.4. The van der Waals surface area contributed by atoms with E-state index in [-0.39, 0.29) is 31.2 Å². The number of carboxylic acid groups (broad SMARTS) is 1. The number of benzene rings is 2. The number of ether oxygens (including phenoxy) is 1. The topological polar surface area (TPSA) is 58.6 Å². The van der Waals surface area contributed by atoms with E-state index in [9.17, 15) is 13.6 Å². The second-order valence-electron chi connectivity index (χ2n) is 9.69. The largest absolute Gasteiger partial charge is 0.490 e. The first-order valence-electron chi connectivity index (χ1n) is 11.3. The number of aliphatic carboxylic acids is 1. The van der Waals surface area contributed by atoms with Crippen LogP contribution in [0.4, 0.5) is 8.78 Å². The van der Waals surface area contributed by atoms with E-state index in [0.717, 1.165) is 37.4 Å². The van der Waals surface area contributed by atoms with Gasteiger partial charge >= 0.3 is 5.97 Å². The Kier molecular flexibility index (Phi) is 7.88. The van der Waals surface area contributed by atoms with Gasteiger partial charge in [-0.3, -0.25) is 4.79 Å². The molecule has 4 nitrogen and oxygen atoms in total. The SMILES string of the molecule is CC(C)(C)C1CCC(Oc2ccc(-c3ccc(F)c(CNCCC(=O)O)c3F)cc2)CC1. The lowest BCUT2D eigenvalue weighted by molar-refractivity contribution is -0.136. The summed E-state index contributed by atoms with van der Waals surface area (Å²) in [5.41, 5.74) is 1.18. The predicted molar refractivity (Wildman–Crippen MR) is 122 cm³/mol. The molecule has 0 unspecified atom stereocenters. The lowest BCUT2D eigenvalue weighted by Gasteiger charge is -2.36. The molecule has 2 aromatic carbocycles. The fourth-order valence-corrected chi connectivity index (χ4v) is 4.34. The van der Waals surface area contributed by atoms with Gasteiger partial charge in [-0.1, -0.05) is 32.9 Å². The van der Waals surface area contributed by atoms with Crippen LogP contribution in [0.15, 0.2) is 36.4 Å². The van der Waals surface area contributed by atoms with E-state index in [0.29, 0.717) is 16.5 Å². The maximum Gasteiger partial charge on any atom is 0.304 e. The molecule has 0 heterocycles. The van der Waals surface area contributed by atoms with Gasteiger partial charge in [0.05, 0.1) is 12.5 Å². The zero-order chi connectivity index (χ0) is 23.3. The minimum absolute atomic E-state index is 0.0722. The fourth-order valence-electron chi connectivity index (χ4n) is 4.34. The van der Waals surface area contributed by atoms with E-state index < -0.39 is 17.6 Å². The van der Waals surface area contributed by atoms with E-state index in [4.69, 9.17) is 9.84 Å². The maximum absolute atomic E-state index is 15.0. The number of carboxylic acids is 1. The highest BCUT2D eigenvalue weighted by molar-refractivity contribution is 5.67. The fraction of sp³-hybridized carbons (Fsp3) is 0.500. The zero-order valence-corrected chi connectivity index (χ0v) is 19.1. The van der Waals surface area contributed by atoms with Crippen LogP contribution in [0.1, 0.15) is 58.4 Å². The number of halogens is 2. The molecule has 0 amide bonds. The molecule has 1 aliphatic carbocycles. The van der Waals surface area contributed by atoms with Crippen molar-refractivity contribution in [2.24, 2.45) is 11.3 Å². The Morgan fingerprint density at radius 2 is 1.72 bits per heavy atom. The van der Waals surface area contributed by atoms with Gasteiger partial charge in [-0.2, -0.15) is 0 Å². The van der Waals surface area contributed by atoms with Gasteiger partial charge in [0.15, 0.2) is 0 Å². The Balaban J connectivity index is 1.63. The summed E-state index contributed by atoms with van der Waals surface area (Å²) < 4.78 is 35.3. The molecule has 1 aliphatic rings. The third-order valence-corrected chi connectivity index (χ3v) is 6.37. The van der Waals surface area contributed by atoms with Crippen LogP contribution in [0.5, 0.6) is 5.75 Å². The zero-order valence-electron chi connectivity index (χ0n) is 19.1. The molecule has 0 spiro atoms. The van der Waals surface area contributed by atoms with Gasteiger partial charge in [0.25, 0.3) is 0 Å². The molecule has 0 saturated heterocycles. The summed E-state index contributed by atoms with van der Waals surface area (Å²) in [6.45, 7) is 6.95. The minimum Gasteiger partial charge on any atom is -0.490 e. The Morgan fingerprint density at radius 3 is 2.31 bits per heavy atom. The Hall–Kier alpha value is -2.47. The normalized spacial score (nSPS) is 19.0. The molecule has 2 aromatic rings. The first kappa shape index (κ1) is 24.2. The number of nitrogens with one attached hydrogen (secondary N) is 1. The Morgan fingerprint density at radius 1 is 1.06 bits per heavy atom. The molecular weight excluding hydrogens is 412 g/mol. The summed E-state index contributed by atoms with van der Waals surface area (Å²) in [5, 5.41) is 11.5. The molecule has 2 N–H and O–H groups in total. The van der Waals surface area contributed by atoms with Gasteiger partial charge in [0, 0.05) is 24.2 Å². The minimum atomic E-state index is -0.961. The van der Waals surface area contributed by atoms with Crippen LogP contribution in [-0.2, 0) is 11.3 Å². The monoisotopic (exact) mass is 445 g/mol. The average Bonchev–Trinajstić information content (AvgIpc) is 2.73. The summed E-state index contributed by atoms with van der Waals surface area (Å²) in [6.07, 6.45) is 4.49. The first-order valence-corrected chi connectivity index (χ1v) is 11.3. The van der Waals surface area contributed by atoms with Crippen LogP contribution in [0.2, 0.25) is 0 Å². The van der Waals surface area contributed by atoms with Crippen molar-refractivity contribution in [3.8, 4) is 16.9 Å². The van der Waals surface area contributed by atoms with Crippen LogP contribution >= 0.6 is 0 Å². The van der Waals surface area contributed by atoms with E-state index in [2.05, 4.69) is 26.1 Å². The van der Waals surface area contributed by atoms with E-state index in [1.807, 2.05) is 12.1 Å². The molecule has 0 bridgehead atoms. The van der Waals surface area contributed by atoms with Crippen LogP contribution in [0, 0.1) is 23.0 Å². The van der Waals surface area contributed by atoms with Crippen LogP contribution < -0.4 is 10.1 Å².